The Bertz CT molecular complexity index is 1160. The summed E-state index contributed by atoms with van der Waals surface area (Å²) in [6, 6.07) is 17.7. The van der Waals surface area contributed by atoms with Crippen LogP contribution in [-0.2, 0) is 13.1 Å². The highest BCUT2D eigenvalue weighted by molar-refractivity contribution is 5.80. The average molecular weight is 359 g/mol. The predicted octanol–water partition coefficient (Wildman–Crippen LogP) is 2.69. The lowest BCUT2D eigenvalue weighted by atomic mass is 10.2. The van der Waals surface area contributed by atoms with E-state index in [0.717, 1.165) is 36.5 Å². The summed E-state index contributed by atoms with van der Waals surface area (Å²) in [5.41, 5.74) is 1.92. The van der Waals surface area contributed by atoms with Gasteiger partial charge in [0.05, 0.1) is 24.0 Å². The van der Waals surface area contributed by atoms with Crippen molar-refractivity contribution < 1.29 is 0 Å². The molecule has 6 nitrogen and oxygen atoms in total. The molecule has 5 rings (SSSR count). The van der Waals surface area contributed by atoms with Crippen molar-refractivity contribution in [2.24, 2.45) is 0 Å². The fourth-order valence-electron chi connectivity index (χ4n) is 3.97. The summed E-state index contributed by atoms with van der Waals surface area (Å²) in [4.78, 5) is 15.6. The normalized spacial score (nSPS) is 15.1. The average Bonchev–Trinajstić information content (AvgIpc) is 3.37. The molecular weight excluding hydrogens is 338 g/mol. The van der Waals surface area contributed by atoms with Gasteiger partial charge in [-0.3, -0.25) is 18.7 Å². The number of aromatic nitrogens is 4. The summed E-state index contributed by atoms with van der Waals surface area (Å²) < 4.78 is 3.79. The van der Waals surface area contributed by atoms with Crippen LogP contribution in [0.3, 0.4) is 0 Å². The van der Waals surface area contributed by atoms with E-state index >= 15 is 0 Å². The van der Waals surface area contributed by atoms with Gasteiger partial charge >= 0.3 is 0 Å². The van der Waals surface area contributed by atoms with Gasteiger partial charge in [-0.25, -0.2) is 0 Å². The minimum atomic E-state index is -0.0259. The molecule has 0 radical (unpaired) electrons. The van der Waals surface area contributed by atoms with Crippen molar-refractivity contribution >= 4 is 16.7 Å². The largest absolute Gasteiger partial charge is 0.296 e. The Kier molecular flexibility index (Phi) is 3.98. The van der Waals surface area contributed by atoms with Crippen molar-refractivity contribution in [2.75, 3.05) is 13.1 Å². The van der Waals surface area contributed by atoms with E-state index in [4.69, 9.17) is 0 Å². The molecule has 6 heteroatoms. The van der Waals surface area contributed by atoms with Crippen molar-refractivity contribution in [2.45, 2.75) is 25.9 Å². The van der Waals surface area contributed by atoms with E-state index in [1.807, 2.05) is 54.6 Å². The van der Waals surface area contributed by atoms with Crippen molar-refractivity contribution in [3.63, 3.8) is 0 Å². The third kappa shape index (κ3) is 2.82. The third-order valence-electron chi connectivity index (χ3n) is 5.32. The topological polar surface area (TPSA) is 55.4 Å². The standard InChI is InChI=1S/C21H21N5O/c27-20-17-10-4-5-11-18(17)26-19(15-24-12-6-7-13-24)22-23-21(26)25(20)14-16-8-2-1-3-9-16/h1-5,8-11H,6-7,12-15H2. The SMILES string of the molecule is O=c1c2ccccc2n2c(CN3CCCC3)nnc2n1Cc1ccccc1. The van der Waals surface area contributed by atoms with Crippen molar-refractivity contribution in [3.8, 4) is 0 Å². The van der Waals surface area contributed by atoms with Crippen LogP contribution in [0.4, 0.5) is 0 Å². The van der Waals surface area contributed by atoms with Crippen LogP contribution in [0.25, 0.3) is 16.7 Å². The molecule has 0 aliphatic carbocycles. The summed E-state index contributed by atoms with van der Waals surface area (Å²) in [5.74, 6) is 1.50. The number of rotatable bonds is 4. The van der Waals surface area contributed by atoms with E-state index in [-0.39, 0.29) is 5.56 Å². The number of benzene rings is 2. The van der Waals surface area contributed by atoms with Gasteiger partial charge in [-0.2, -0.15) is 0 Å². The molecule has 4 aromatic rings. The van der Waals surface area contributed by atoms with Crippen LogP contribution in [0.15, 0.2) is 59.4 Å². The van der Waals surface area contributed by atoms with Gasteiger partial charge < -0.3 is 0 Å². The molecule has 0 atom stereocenters. The summed E-state index contributed by atoms with van der Waals surface area (Å²) >= 11 is 0. The molecular formula is C21H21N5O. The smallest absolute Gasteiger partial charge is 0.263 e. The second-order valence-electron chi connectivity index (χ2n) is 7.13. The number of likely N-dealkylation sites (tertiary alicyclic amines) is 1. The van der Waals surface area contributed by atoms with E-state index < -0.39 is 0 Å². The van der Waals surface area contributed by atoms with Gasteiger partial charge in [0.25, 0.3) is 5.56 Å². The summed E-state index contributed by atoms with van der Waals surface area (Å²) in [6.07, 6.45) is 2.46. The zero-order chi connectivity index (χ0) is 18.2. The summed E-state index contributed by atoms with van der Waals surface area (Å²) in [6.45, 7) is 3.43. The van der Waals surface area contributed by atoms with Crippen LogP contribution in [0, 0.1) is 0 Å². The number of para-hydroxylation sites is 1. The maximum Gasteiger partial charge on any atom is 0.263 e. The molecule has 3 heterocycles. The lowest BCUT2D eigenvalue weighted by Gasteiger charge is -2.15. The highest BCUT2D eigenvalue weighted by atomic mass is 16.1. The molecule has 2 aromatic carbocycles. The van der Waals surface area contributed by atoms with Gasteiger partial charge in [-0.15, -0.1) is 10.2 Å². The molecule has 1 aliphatic rings. The first-order chi connectivity index (χ1) is 13.3. The third-order valence-corrected chi connectivity index (χ3v) is 5.32. The molecule has 0 saturated carbocycles. The quantitative estimate of drug-likeness (QED) is 0.562. The molecule has 1 aliphatic heterocycles. The monoisotopic (exact) mass is 359 g/mol. The second-order valence-corrected chi connectivity index (χ2v) is 7.13. The lowest BCUT2D eigenvalue weighted by molar-refractivity contribution is 0.321. The molecule has 0 N–H and O–H groups in total. The Hall–Kier alpha value is -2.99. The molecule has 136 valence electrons. The van der Waals surface area contributed by atoms with Crippen LogP contribution in [0.1, 0.15) is 24.2 Å². The minimum Gasteiger partial charge on any atom is -0.296 e. The second kappa shape index (κ2) is 6.63. The van der Waals surface area contributed by atoms with Crippen LogP contribution < -0.4 is 5.56 Å². The summed E-state index contributed by atoms with van der Waals surface area (Å²) in [5, 5.41) is 9.58. The van der Waals surface area contributed by atoms with Crippen LogP contribution in [0.5, 0.6) is 0 Å². The Morgan fingerprint density at radius 1 is 0.852 bits per heavy atom. The number of nitrogens with zero attached hydrogens (tertiary/aromatic N) is 5. The molecule has 0 amide bonds. The maximum atomic E-state index is 13.2. The number of hydrogen-bond acceptors (Lipinski definition) is 4. The van der Waals surface area contributed by atoms with Gasteiger partial charge in [0.1, 0.15) is 0 Å². The maximum absolute atomic E-state index is 13.2. The first kappa shape index (κ1) is 16.2. The first-order valence-corrected chi connectivity index (χ1v) is 9.43. The van der Waals surface area contributed by atoms with Crippen molar-refractivity contribution in [3.05, 3.63) is 76.3 Å². The fraction of sp³-hybridized carbons (Fsp3) is 0.286. The first-order valence-electron chi connectivity index (χ1n) is 9.43. The molecule has 0 bridgehead atoms. The molecule has 0 unspecified atom stereocenters. The van der Waals surface area contributed by atoms with Crippen molar-refractivity contribution in [1.29, 1.82) is 0 Å². The number of fused-ring (bicyclic) bond motifs is 3. The van der Waals surface area contributed by atoms with E-state index in [2.05, 4.69) is 19.5 Å². The van der Waals surface area contributed by atoms with Gasteiger partial charge in [0, 0.05) is 0 Å². The fourth-order valence-corrected chi connectivity index (χ4v) is 3.97. The van der Waals surface area contributed by atoms with Gasteiger partial charge in [0.15, 0.2) is 5.82 Å². The molecule has 1 fully saturated rings. The van der Waals surface area contributed by atoms with Crippen LogP contribution >= 0.6 is 0 Å². The zero-order valence-corrected chi connectivity index (χ0v) is 15.1. The number of hydrogen-bond donors (Lipinski definition) is 0. The predicted molar refractivity (Wildman–Crippen MR) is 105 cm³/mol. The van der Waals surface area contributed by atoms with E-state index in [1.165, 1.54) is 12.8 Å². The van der Waals surface area contributed by atoms with Gasteiger partial charge in [-0.1, -0.05) is 42.5 Å². The highest BCUT2D eigenvalue weighted by Crippen LogP contribution is 2.18. The Balaban J connectivity index is 1.72. The van der Waals surface area contributed by atoms with Gasteiger partial charge in [-0.05, 0) is 43.6 Å². The van der Waals surface area contributed by atoms with E-state index in [9.17, 15) is 4.79 Å². The zero-order valence-electron chi connectivity index (χ0n) is 15.1. The van der Waals surface area contributed by atoms with Crippen LogP contribution in [-0.4, -0.2) is 37.2 Å². The van der Waals surface area contributed by atoms with Crippen molar-refractivity contribution in [1.82, 2.24) is 24.1 Å². The molecule has 1 saturated heterocycles. The Labute approximate surface area is 156 Å². The molecule has 0 spiro atoms. The molecule has 27 heavy (non-hydrogen) atoms. The Morgan fingerprint density at radius 3 is 2.41 bits per heavy atom. The van der Waals surface area contributed by atoms with E-state index in [1.54, 1.807) is 4.57 Å². The summed E-state index contributed by atoms with van der Waals surface area (Å²) in [7, 11) is 0. The lowest BCUT2D eigenvalue weighted by Crippen LogP contribution is -2.25. The van der Waals surface area contributed by atoms with E-state index in [0.29, 0.717) is 17.7 Å². The minimum absolute atomic E-state index is 0.0259. The Morgan fingerprint density at radius 2 is 1.59 bits per heavy atom. The van der Waals surface area contributed by atoms with Crippen LogP contribution in [0.2, 0.25) is 0 Å². The molecule has 2 aromatic heterocycles. The highest BCUT2D eigenvalue weighted by Gasteiger charge is 2.19. The van der Waals surface area contributed by atoms with Gasteiger partial charge in [0.2, 0.25) is 5.78 Å².